The molecule has 0 amide bonds. The molecular formula is C15H17NO3. The van der Waals surface area contributed by atoms with Gasteiger partial charge in [-0.2, -0.15) is 0 Å². The van der Waals surface area contributed by atoms with Crippen molar-refractivity contribution in [1.82, 2.24) is 5.16 Å². The van der Waals surface area contributed by atoms with Crippen LogP contribution in [0.15, 0.2) is 34.9 Å². The molecule has 0 fully saturated rings. The lowest BCUT2D eigenvalue weighted by Gasteiger charge is -2.09. The van der Waals surface area contributed by atoms with Crippen molar-refractivity contribution in [3.8, 4) is 0 Å². The van der Waals surface area contributed by atoms with Crippen molar-refractivity contribution in [1.29, 1.82) is 0 Å². The third-order valence-corrected chi connectivity index (χ3v) is 3.19. The largest absolute Gasteiger partial charge is 0.477 e. The number of nitrogens with zero attached hydrogens (tertiary/aromatic N) is 1. The molecule has 1 heterocycles. The van der Waals surface area contributed by atoms with Gasteiger partial charge in [-0.3, -0.25) is 0 Å². The second-order valence-electron chi connectivity index (χ2n) is 4.55. The number of carboxylic acids is 1. The summed E-state index contributed by atoms with van der Waals surface area (Å²) in [4.78, 5) is 11.4. The zero-order chi connectivity index (χ0) is 13.8. The van der Waals surface area contributed by atoms with Gasteiger partial charge in [-0.25, -0.2) is 4.79 Å². The molecule has 1 aromatic carbocycles. The van der Waals surface area contributed by atoms with Crippen LogP contribution in [-0.4, -0.2) is 16.2 Å². The minimum absolute atomic E-state index is 0.0957. The van der Waals surface area contributed by atoms with Crippen molar-refractivity contribution < 1.29 is 14.4 Å². The number of rotatable bonds is 5. The molecule has 0 bridgehead atoms. The van der Waals surface area contributed by atoms with E-state index in [0.717, 1.165) is 12.0 Å². The molecule has 2 rings (SSSR count). The predicted molar refractivity (Wildman–Crippen MR) is 71.4 cm³/mol. The van der Waals surface area contributed by atoms with E-state index in [1.54, 1.807) is 0 Å². The van der Waals surface area contributed by atoms with E-state index in [1.807, 2.05) is 44.2 Å². The fourth-order valence-electron chi connectivity index (χ4n) is 2.16. The second kappa shape index (κ2) is 5.69. The number of aromatic nitrogens is 1. The molecule has 0 saturated carbocycles. The lowest BCUT2D eigenvalue weighted by atomic mass is 9.94. The highest BCUT2D eigenvalue weighted by atomic mass is 16.5. The highest BCUT2D eigenvalue weighted by molar-refractivity contribution is 5.90. The van der Waals surface area contributed by atoms with Gasteiger partial charge in [-0.05, 0) is 12.0 Å². The van der Waals surface area contributed by atoms with E-state index in [9.17, 15) is 9.90 Å². The lowest BCUT2D eigenvalue weighted by molar-refractivity contribution is 0.0693. The van der Waals surface area contributed by atoms with Gasteiger partial charge in [0.1, 0.15) is 11.3 Å². The smallest absolute Gasteiger partial charge is 0.341 e. The normalized spacial score (nSPS) is 12.3. The Morgan fingerprint density at radius 1 is 1.37 bits per heavy atom. The van der Waals surface area contributed by atoms with Crippen LogP contribution >= 0.6 is 0 Å². The van der Waals surface area contributed by atoms with Crippen LogP contribution in [0.4, 0.5) is 0 Å². The monoisotopic (exact) mass is 259 g/mol. The summed E-state index contributed by atoms with van der Waals surface area (Å²) in [6, 6.07) is 9.72. The van der Waals surface area contributed by atoms with E-state index < -0.39 is 5.97 Å². The Morgan fingerprint density at radius 3 is 2.63 bits per heavy atom. The minimum atomic E-state index is -0.970. The van der Waals surface area contributed by atoms with Gasteiger partial charge in [0, 0.05) is 12.3 Å². The highest BCUT2D eigenvalue weighted by Gasteiger charge is 2.26. The summed E-state index contributed by atoms with van der Waals surface area (Å²) < 4.78 is 5.21. The Hall–Kier alpha value is -2.10. The third-order valence-electron chi connectivity index (χ3n) is 3.19. The molecule has 1 aromatic heterocycles. The van der Waals surface area contributed by atoms with Crippen molar-refractivity contribution in [2.45, 2.75) is 32.6 Å². The van der Waals surface area contributed by atoms with Crippen molar-refractivity contribution in [3.63, 3.8) is 0 Å². The van der Waals surface area contributed by atoms with Crippen molar-refractivity contribution in [2.75, 3.05) is 0 Å². The molecule has 0 spiro atoms. The van der Waals surface area contributed by atoms with Gasteiger partial charge in [0.15, 0.2) is 5.76 Å². The lowest BCUT2D eigenvalue weighted by Crippen LogP contribution is -2.07. The van der Waals surface area contributed by atoms with E-state index in [1.165, 1.54) is 0 Å². The number of carboxylic acid groups (broad SMARTS) is 1. The van der Waals surface area contributed by atoms with Crippen LogP contribution in [0.3, 0.4) is 0 Å². The van der Waals surface area contributed by atoms with Crippen molar-refractivity contribution >= 4 is 5.97 Å². The summed E-state index contributed by atoms with van der Waals surface area (Å²) in [5, 5.41) is 13.3. The first-order valence-corrected chi connectivity index (χ1v) is 6.41. The maximum absolute atomic E-state index is 11.4. The zero-order valence-corrected chi connectivity index (χ0v) is 11.1. The van der Waals surface area contributed by atoms with E-state index in [4.69, 9.17) is 4.52 Å². The minimum Gasteiger partial charge on any atom is -0.477 e. The van der Waals surface area contributed by atoms with Gasteiger partial charge in [0.25, 0.3) is 0 Å². The van der Waals surface area contributed by atoms with Crippen LogP contribution < -0.4 is 0 Å². The highest BCUT2D eigenvalue weighted by Crippen LogP contribution is 2.28. The SMILES string of the molecule is CCCc1onc(C(C)c2ccccc2)c1C(=O)O. The van der Waals surface area contributed by atoms with Crippen LogP contribution in [0, 0.1) is 0 Å². The Morgan fingerprint density at radius 2 is 2.05 bits per heavy atom. The number of aryl methyl sites for hydroxylation is 1. The predicted octanol–water partition coefficient (Wildman–Crippen LogP) is 3.48. The van der Waals surface area contributed by atoms with Gasteiger partial charge in [0.2, 0.25) is 0 Å². The maximum atomic E-state index is 11.4. The van der Waals surface area contributed by atoms with Gasteiger partial charge in [-0.15, -0.1) is 0 Å². The third kappa shape index (κ3) is 2.67. The van der Waals surface area contributed by atoms with Crippen LogP contribution in [0.5, 0.6) is 0 Å². The molecule has 1 atom stereocenters. The Kier molecular flexibility index (Phi) is 4.00. The summed E-state index contributed by atoms with van der Waals surface area (Å²) in [6.45, 7) is 3.92. The summed E-state index contributed by atoms with van der Waals surface area (Å²) in [5.74, 6) is -0.600. The molecule has 4 heteroatoms. The Balaban J connectivity index is 2.42. The first-order valence-electron chi connectivity index (χ1n) is 6.41. The quantitative estimate of drug-likeness (QED) is 0.892. The summed E-state index contributed by atoms with van der Waals surface area (Å²) in [7, 11) is 0. The van der Waals surface area contributed by atoms with E-state index in [-0.39, 0.29) is 11.5 Å². The molecule has 2 aromatic rings. The molecule has 1 unspecified atom stereocenters. The molecule has 4 nitrogen and oxygen atoms in total. The Labute approximate surface area is 112 Å². The van der Waals surface area contributed by atoms with Crippen LogP contribution in [0.25, 0.3) is 0 Å². The molecular weight excluding hydrogens is 242 g/mol. The van der Waals surface area contributed by atoms with Gasteiger partial charge < -0.3 is 9.63 Å². The molecule has 0 aliphatic heterocycles. The first kappa shape index (κ1) is 13.3. The molecule has 0 aliphatic rings. The Bertz CT molecular complexity index is 560. The number of benzene rings is 1. The van der Waals surface area contributed by atoms with E-state index in [0.29, 0.717) is 17.9 Å². The molecule has 0 radical (unpaired) electrons. The van der Waals surface area contributed by atoms with Crippen LogP contribution in [0.2, 0.25) is 0 Å². The van der Waals surface area contributed by atoms with E-state index in [2.05, 4.69) is 5.16 Å². The van der Waals surface area contributed by atoms with Gasteiger partial charge >= 0.3 is 5.97 Å². The summed E-state index contributed by atoms with van der Waals surface area (Å²) in [6.07, 6.45) is 1.42. The topological polar surface area (TPSA) is 63.3 Å². The fourth-order valence-corrected chi connectivity index (χ4v) is 2.16. The average Bonchev–Trinajstić information content (AvgIpc) is 2.83. The summed E-state index contributed by atoms with van der Waals surface area (Å²) in [5.41, 5.74) is 1.75. The van der Waals surface area contributed by atoms with Gasteiger partial charge in [-0.1, -0.05) is 49.3 Å². The zero-order valence-electron chi connectivity index (χ0n) is 11.1. The molecule has 0 saturated heterocycles. The fraction of sp³-hybridized carbons (Fsp3) is 0.333. The number of carbonyl (C=O) groups is 1. The first-order chi connectivity index (χ1) is 9.15. The van der Waals surface area contributed by atoms with Gasteiger partial charge in [0.05, 0.1) is 0 Å². The average molecular weight is 259 g/mol. The van der Waals surface area contributed by atoms with Crippen molar-refractivity contribution in [3.05, 3.63) is 52.9 Å². The van der Waals surface area contributed by atoms with Crippen molar-refractivity contribution in [2.24, 2.45) is 0 Å². The number of hydrogen-bond acceptors (Lipinski definition) is 3. The number of aromatic carboxylic acids is 1. The molecule has 0 aliphatic carbocycles. The van der Waals surface area contributed by atoms with Crippen LogP contribution in [-0.2, 0) is 6.42 Å². The maximum Gasteiger partial charge on any atom is 0.341 e. The van der Waals surface area contributed by atoms with Crippen LogP contribution in [0.1, 0.15) is 53.6 Å². The molecule has 1 N–H and O–H groups in total. The standard InChI is InChI=1S/C15H17NO3/c1-3-7-12-13(15(17)18)14(16-19-12)10(2)11-8-5-4-6-9-11/h4-6,8-10H,3,7H2,1-2H3,(H,17,18). The molecule has 19 heavy (non-hydrogen) atoms. The molecule has 100 valence electrons. The summed E-state index contributed by atoms with van der Waals surface area (Å²) >= 11 is 0. The number of hydrogen-bond donors (Lipinski definition) is 1. The van der Waals surface area contributed by atoms with E-state index >= 15 is 0 Å². The second-order valence-corrected chi connectivity index (χ2v) is 4.55.